The lowest BCUT2D eigenvalue weighted by molar-refractivity contribution is -0.147. The smallest absolute Gasteiger partial charge is 0.321 e. The fourth-order valence-corrected chi connectivity index (χ4v) is 2.68. The zero-order valence-corrected chi connectivity index (χ0v) is 16.0. The summed E-state index contributed by atoms with van der Waals surface area (Å²) in [6.45, 7) is -1.34. The van der Waals surface area contributed by atoms with Gasteiger partial charge in [-0.15, -0.1) is 0 Å². The molecule has 1 aromatic carbocycles. The van der Waals surface area contributed by atoms with Gasteiger partial charge in [0.1, 0.15) is 12.3 Å². The first kappa shape index (κ1) is 21.9. The van der Waals surface area contributed by atoms with Crippen LogP contribution in [0.1, 0.15) is 11.3 Å². The Kier molecular flexibility index (Phi) is 8.12. The Morgan fingerprint density at radius 1 is 1.07 bits per heavy atom. The number of furan rings is 1. The summed E-state index contributed by atoms with van der Waals surface area (Å²) in [6, 6.07) is 11.2. The molecule has 2 aromatic rings. The lowest BCUT2D eigenvalue weighted by atomic mass is 10.2. The number of ether oxygens (including phenoxy) is 1. The van der Waals surface area contributed by atoms with Gasteiger partial charge in [0.25, 0.3) is 5.91 Å². The molecule has 11 heteroatoms. The van der Waals surface area contributed by atoms with Crippen molar-refractivity contribution in [2.24, 2.45) is 0 Å². The van der Waals surface area contributed by atoms with Gasteiger partial charge in [-0.1, -0.05) is 30.3 Å². The Bertz CT molecular complexity index is 955. The number of carbonyl (C=O) groups excluding carboxylic acids is 3. The zero-order valence-electron chi connectivity index (χ0n) is 15.2. The van der Waals surface area contributed by atoms with Crippen LogP contribution in [0.4, 0.5) is 4.79 Å². The van der Waals surface area contributed by atoms with Crippen LogP contribution in [-0.4, -0.2) is 39.5 Å². The first-order chi connectivity index (χ1) is 13.8. The minimum absolute atomic E-state index is 0.0736. The van der Waals surface area contributed by atoms with Gasteiger partial charge >= 0.3 is 12.0 Å². The number of imide groups is 1. The first-order valence-corrected chi connectivity index (χ1v) is 9.87. The number of hydrogen-bond acceptors (Lipinski definition) is 7. The lowest BCUT2D eigenvalue weighted by Gasteiger charge is -2.07. The van der Waals surface area contributed by atoms with E-state index >= 15 is 0 Å². The highest BCUT2D eigenvalue weighted by Gasteiger charge is 2.13. The topological polar surface area (TPSA) is 144 Å². The number of amides is 3. The summed E-state index contributed by atoms with van der Waals surface area (Å²) >= 11 is 0. The molecule has 29 heavy (non-hydrogen) atoms. The normalized spacial score (nSPS) is 11.2. The van der Waals surface area contributed by atoms with Crippen molar-refractivity contribution in [2.45, 2.75) is 6.54 Å². The van der Waals surface area contributed by atoms with Gasteiger partial charge in [0.2, 0.25) is 10.0 Å². The van der Waals surface area contributed by atoms with E-state index in [9.17, 15) is 22.8 Å². The third-order valence-electron chi connectivity index (χ3n) is 3.28. The molecule has 0 spiro atoms. The number of urea groups is 1. The summed E-state index contributed by atoms with van der Waals surface area (Å²) in [7, 11) is -3.87. The van der Waals surface area contributed by atoms with E-state index in [4.69, 9.17) is 4.42 Å². The third-order valence-corrected chi connectivity index (χ3v) is 4.32. The van der Waals surface area contributed by atoms with Crippen molar-refractivity contribution in [3.63, 3.8) is 0 Å². The molecule has 0 fully saturated rings. The molecule has 0 saturated heterocycles. The minimum Gasteiger partial charge on any atom is -0.467 e. The van der Waals surface area contributed by atoms with Crippen molar-refractivity contribution < 1.29 is 32.0 Å². The van der Waals surface area contributed by atoms with E-state index in [0.29, 0.717) is 11.3 Å². The van der Waals surface area contributed by atoms with Crippen LogP contribution in [0.15, 0.2) is 58.6 Å². The van der Waals surface area contributed by atoms with Crippen molar-refractivity contribution in [1.82, 2.24) is 15.4 Å². The van der Waals surface area contributed by atoms with Crippen molar-refractivity contribution in [1.29, 1.82) is 0 Å². The summed E-state index contributed by atoms with van der Waals surface area (Å²) in [5.41, 5.74) is 0.669. The second-order valence-corrected chi connectivity index (χ2v) is 7.20. The van der Waals surface area contributed by atoms with E-state index in [1.165, 1.54) is 12.3 Å². The van der Waals surface area contributed by atoms with Gasteiger partial charge < -0.3 is 14.5 Å². The molecule has 154 valence electrons. The van der Waals surface area contributed by atoms with Crippen molar-refractivity contribution in [2.75, 3.05) is 13.2 Å². The van der Waals surface area contributed by atoms with Gasteiger partial charge in [-0.25, -0.2) is 17.9 Å². The van der Waals surface area contributed by atoms with Crippen LogP contribution in [0.25, 0.3) is 6.08 Å². The molecule has 0 aliphatic carbocycles. The van der Waals surface area contributed by atoms with E-state index in [2.05, 4.69) is 10.1 Å². The first-order valence-electron chi connectivity index (χ1n) is 8.32. The number of carbonyl (C=O) groups is 3. The van der Waals surface area contributed by atoms with Crippen LogP contribution in [0.5, 0.6) is 0 Å². The molecule has 2 rings (SSSR count). The second-order valence-electron chi connectivity index (χ2n) is 5.55. The Labute approximate surface area is 167 Å². The standard InChI is InChI=1S/C18H19N3O7S/c22-16(21-18(24)19-11-15-7-4-9-27-15)13-28-17(23)12-20-29(25,26)10-8-14-5-2-1-3-6-14/h1-10,20H,11-13H2,(H2,19,21,22,24). The molecule has 1 heterocycles. The zero-order chi connectivity index (χ0) is 21.1. The van der Waals surface area contributed by atoms with Crippen LogP contribution < -0.4 is 15.4 Å². The van der Waals surface area contributed by atoms with E-state index in [1.807, 2.05) is 10.0 Å². The molecule has 1 aromatic heterocycles. The highest BCUT2D eigenvalue weighted by Crippen LogP contribution is 2.02. The number of hydrogen-bond donors (Lipinski definition) is 3. The van der Waals surface area contributed by atoms with Gasteiger partial charge in [-0.2, -0.15) is 0 Å². The molecule has 3 amide bonds. The van der Waals surface area contributed by atoms with Gasteiger partial charge in [-0.05, 0) is 23.8 Å². The van der Waals surface area contributed by atoms with E-state index in [-0.39, 0.29) is 6.54 Å². The number of rotatable bonds is 9. The lowest BCUT2D eigenvalue weighted by Crippen LogP contribution is -2.41. The predicted octanol–water partition coefficient (Wildman–Crippen LogP) is 0.739. The summed E-state index contributed by atoms with van der Waals surface area (Å²) in [4.78, 5) is 34.6. The average molecular weight is 421 g/mol. The van der Waals surface area contributed by atoms with E-state index < -0.39 is 41.1 Å². The summed E-state index contributed by atoms with van der Waals surface area (Å²) in [6.07, 6.45) is 2.80. The van der Waals surface area contributed by atoms with Crippen LogP contribution in [0.2, 0.25) is 0 Å². The second kappa shape index (κ2) is 10.8. The fourth-order valence-electron chi connectivity index (χ4n) is 1.92. The molecule has 0 aliphatic rings. The number of sulfonamides is 1. The molecular formula is C18H19N3O7S. The average Bonchev–Trinajstić information content (AvgIpc) is 3.22. The Hall–Kier alpha value is -3.44. The molecule has 0 aliphatic heterocycles. The van der Waals surface area contributed by atoms with Crippen LogP contribution >= 0.6 is 0 Å². The molecule has 0 bridgehead atoms. The van der Waals surface area contributed by atoms with Crippen LogP contribution in [-0.2, 0) is 30.9 Å². The SMILES string of the molecule is O=C(COC(=O)CNS(=O)(=O)C=Cc1ccccc1)NC(=O)NCc1ccco1. The van der Waals surface area contributed by atoms with Crippen LogP contribution in [0, 0.1) is 0 Å². The molecule has 10 nitrogen and oxygen atoms in total. The maximum absolute atomic E-state index is 11.8. The van der Waals surface area contributed by atoms with Gasteiger partial charge in [0.15, 0.2) is 6.61 Å². The highest BCUT2D eigenvalue weighted by molar-refractivity contribution is 7.92. The monoisotopic (exact) mass is 421 g/mol. The molecule has 3 N–H and O–H groups in total. The molecule has 0 atom stereocenters. The van der Waals surface area contributed by atoms with E-state index in [1.54, 1.807) is 42.5 Å². The quantitative estimate of drug-likeness (QED) is 0.507. The maximum Gasteiger partial charge on any atom is 0.321 e. The Balaban J connectivity index is 1.66. The molecular weight excluding hydrogens is 402 g/mol. The minimum atomic E-state index is -3.87. The molecule has 0 unspecified atom stereocenters. The number of esters is 1. The largest absolute Gasteiger partial charge is 0.467 e. The Morgan fingerprint density at radius 2 is 1.83 bits per heavy atom. The van der Waals surface area contributed by atoms with Crippen LogP contribution in [0.3, 0.4) is 0 Å². The highest BCUT2D eigenvalue weighted by atomic mass is 32.2. The van der Waals surface area contributed by atoms with E-state index in [0.717, 1.165) is 5.41 Å². The molecule has 0 saturated carbocycles. The maximum atomic E-state index is 11.8. The number of nitrogens with one attached hydrogen (secondary N) is 3. The predicted molar refractivity (Wildman–Crippen MR) is 102 cm³/mol. The third kappa shape index (κ3) is 8.86. The van der Waals surface area contributed by atoms with Crippen molar-refractivity contribution >= 4 is 34.0 Å². The summed E-state index contributed by atoms with van der Waals surface area (Å²) < 4.78 is 35.3. The summed E-state index contributed by atoms with van der Waals surface area (Å²) in [5.74, 6) is -1.36. The fraction of sp³-hybridized carbons (Fsp3) is 0.167. The Morgan fingerprint density at radius 3 is 2.52 bits per heavy atom. The summed E-state index contributed by atoms with van der Waals surface area (Å²) in [5, 5.41) is 5.23. The molecule has 0 radical (unpaired) electrons. The van der Waals surface area contributed by atoms with Gasteiger partial charge in [0.05, 0.1) is 12.8 Å². The van der Waals surface area contributed by atoms with Crippen molar-refractivity contribution in [3.05, 3.63) is 65.5 Å². The van der Waals surface area contributed by atoms with Crippen molar-refractivity contribution in [3.8, 4) is 0 Å². The van der Waals surface area contributed by atoms with Gasteiger partial charge in [0, 0.05) is 5.41 Å². The number of benzene rings is 1. The van der Waals surface area contributed by atoms with Gasteiger partial charge in [-0.3, -0.25) is 14.9 Å².